The number of fused-ring (bicyclic) bond motifs is 1. The number of nitrogens with zero attached hydrogens (tertiary/aromatic N) is 3. The molecule has 9 heteroatoms. The van der Waals surface area contributed by atoms with Gasteiger partial charge in [0.1, 0.15) is 17.2 Å². The zero-order valence-electron chi connectivity index (χ0n) is 12.5. The molecule has 122 valence electrons. The van der Waals surface area contributed by atoms with Crippen LogP contribution in [-0.2, 0) is 11.3 Å². The number of hydrogen-bond acceptors (Lipinski definition) is 6. The lowest BCUT2D eigenvalue weighted by Gasteiger charge is -2.12. The van der Waals surface area contributed by atoms with Gasteiger partial charge in [-0.2, -0.15) is 0 Å². The van der Waals surface area contributed by atoms with Gasteiger partial charge in [-0.05, 0) is 12.1 Å². The zero-order chi connectivity index (χ0) is 17.3. The maximum atomic E-state index is 12.8. The Morgan fingerprint density at radius 3 is 2.67 bits per heavy atom. The lowest BCUT2D eigenvalue weighted by Crippen LogP contribution is -2.32. The predicted octanol–water partition coefficient (Wildman–Crippen LogP) is 0.964. The lowest BCUT2D eigenvalue weighted by atomic mass is 10.2. The first kappa shape index (κ1) is 15.8. The molecule has 0 aliphatic rings. The maximum Gasteiger partial charge on any atom is 0.337 e. The summed E-state index contributed by atoms with van der Waals surface area (Å²) in [5, 5.41) is 13.1. The van der Waals surface area contributed by atoms with Gasteiger partial charge in [-0.1, -0.05) is 0 Å². The molecule has 0 fully saturated rings. The molecule has 0 aromatic carbocycles. The number of nitrogens with one attached hydrogen (secondary N) is 1. The van der Waals surface area contributed by atoms with E-state index >= 15 is 0 Å². The van der Waals surface area contributed by atoms with E-state index in [2.05, 4.69) is 15.3 Å². The summed E-state index contributed by atoms with van der Waals surface area (Å²) in [6.07, 6.45) is 3.10. The summed E-state index contributed by atoms with van der Waals surface area (Å²) in [4.78, 5) is 44.6. The Hall–Kier alpha value is -3.07. The van der Waals surface area contributed by atoms with Crippen LogP contribution in [-0.4, -0.2) is 38.6 Å². The van der Waals surface area contributed by atoms with Crippen LogP contribution in [0.1, 0.15) is 10.4 Å². The third-order valence-corrected chi connectivity index (χ3v) is 4.32. The number of thiophene rings is 1. The first-order chi connectivity index (χ1) is 11.5. The highest BCUT2D eigenvalue weighted by molar-refractivity contribution is 7.17. The molecule has 3 aromatic heterocycles. The highest BCUT2D eigenvalue weighted by Gasteiger charge is 2.21. The van der Waals surface area contributed by atoms with E-state index in [1.807, 2.05) is 0 Å². The maximum absolute atomic E-state index is 12.8. The number of carboxylic acid groups (broad SMARTS) is 1. The van der Waals surface area contributed by atoms with Crippen LogP contribution in [0.4, 0.5) is 0 Å². The summed E-state index contributed by atoms with van der Waals surface area (Å²) >= 11 is 1.08. The van der Waals surface area contributed by atoms with Crippen LogP contribution >= 0.6 is 11.3 Å². The number of amides is 1. The van der Waals surface area contributed by atoms with Crippen molar-refractivity contribution in [3.05, 3.63) is 45.8 Å². The van der Waals surface area contributed by atoms with Crippen LogP contribution < -0.4 is 10.9 Å². The van der Waals surface area contributed by atoms with Gasteiger partial charge in [-0.3, -0.25) is 19.1 Å². The van der Waals surface area contributed by atoms with E-state index in [1.54, 1.807) is 24.5 Å². The molecule has 0 saturated heterocycles. The van der Waals surface area contributed by atoms with Gasteiger partial charge < -0.3 is 10.4 Å². The second-order valence-electron chi connectivity index (χ2n) is 4.87. The zero-order valence-corrected chi connectivity index (χ0v) is 13.3. The molecule has 0 aliphatic heterocycles. The minimum Gasteiger partial charge on any atom is -0.478 e. The van der Waals surface area contributed by atoms with Crippen LogP contribution in [0.15, 0.2) is 34.7 Å². The van der Waals surface area contributed by atoms with E-state index in [0.29, 0.717) is 10.4 Å². The summed E-state index contributed by atoms with van der Waals surface area (Å²) in [5.41, 5.74) is -0.0633. The molecule has 0 aliphatic carbocycles. The van der Waals surface area contributed by atoms with E-state index in [0.717, 1.165) is 11.3 Å². The molecule has 2 N–H and O–H groups in total. The molecular weight excluding hydrogens is 332 g/mol. The number of carbonyl (C=O) groups excluding carboxylic acids is 1. The molecule has 3 rings (SSSR count). The Kier molecular flexibility index (Phi) is 4.09. The van der Waals surface area contributed by atoms with Gasteiger partial charge in [-0.15, -0.1) is 11.3 Å². The van der Waals surface area contributed by atoms with Crippen molar-refractivity contribution in [1.29, 1.82) is 0 Å². The van der Waals surface area contributed by atoms with Gasteiger partial charge in [-0.25, -0.2) is 9.78 Å². The van der Waals surface area contributed by atoms with Crippen LogP contribution in [0, 0.1) is 0 Å². The van der Waals surface area contributed by atoms with Gasteiger partial charge in [0, 0.05) is 30.4 Å². The normalized spacial score (nSPS) is 10.7. The highest BCUT2D eigenvalue weighted by Crippen LogP contribution is 2.25. The summed E-state index contributed by atoms with van der Waals surface area (Å²) in [6.45, 7) is -0.259. The SMILES string of the molecule is CNC(=O)Cn1c(-c2ccncc2)nc2scc(C(=O)O)c2c1=O. The van der Waals surface area contributed by atoms with E-state index < -0.39 is 11.5 Å². The second kappa shape index (κ2) is 6.20. The molecule has 0 saturated carbocycles. The number of likely N-dealkylation sites (N-methyl/N-ethyl adjacent to an activating group) is 1. The van der Waals surface area contributed by atoms with E-state index in [1.165, 1.54) is 17.0 Å². The van der Waals surface area contributed by atoms with Gasteiger partial charge in [0.25, 0.3) is 5.56 Å². The molecule has 3 heterocycles. The molecule has 3 aromatic rings. The number of carboxylic acids is 1. The molecule has 24 heavy (non-hydrogen) atoms. The van der Waals surface area contributed by atoms with Gasteiger partial charge in [0.05, 0.1) is 10.9 Å². The topological polar surface area (TPSA) is 114 Å². The fourth-order valence-corrected chi connectivity index (χ4v) is 3.17. The first-order valence-corrected chi connectivity index (χ1v) is 7.77. The Morgan fingerprint density at radius 2 is 2.04 bits per heavy atom. The van der Waals surface area contributed by atoms with Crippen LogP contribution in [0.25, 0.3) is 21.6 Å². The Bertz CT molecular complexity index is 994. The van der Waals surface area contributed by atoms with E-state index in [9.17, 15) is 19.5 Å². The van der Waals surface area contributed by atoms with Crippen molar-refractivity contribution in [3.8, 4) is 11.4 Å². The third kappa shape index (κ3) is 2.65. The summed E-state index contributed by atoms with van der Waals surface area (Å²) in [5.74, 6) is -1.30. The Balaban J connectivity index is 2.34. The fourth-order valence-electron chi connectivity index (χ4n) is 2.27. The van der Waals surface area contributed by atoms with Gasteiger partial charge in [0.2, 0.25) is 5.91 Å². The van der Waals surface area contributed by atoms with Crippen molar-refractivity contribution in [2.24, 2.45) is 0 Å². The van der Waals surface area contributed by atoms with Crippen molar-refractivity contribution in [2.45, 2.75) is 6.54 Å². The lowest BCUT2D eigenvalue weighted by molar-refractivity contribution is -0.121. The fraction of sp³-hybridized carbons (Fsp3) is 0.133. The molecule has 0 unspecified atom stereocenters. The molecular formula is C15H12N4O4S. The monoisotopic (exact) mass is 344 g/mol. The van der Waals surface area contributed by atoms with Gasteiger partial charge in [0.15, 0.2) is 0 Å². The van der Waals surface area contributed by atoms with Crippen LogP contribution in [0.5, 0.6) is 0 Å². The van der Waals surface area contributed by atoms with E-state index in [4.69, 9.17) is 0 Å². The van der Waals surface area contributed by atoms with Crippen molar-refractivity contribution >= 4 is 33.4 Å². The molecule has 0 atom stereocenters. The largest absolute Gasteiger partial charge is 0.478 e. The number of rotatable bonds is 4. The number of pyridine rings is 1. The highest BCUT2D eigenvalue weighted by atomic mass is 32.1. The molecule has 0 radical (unpaired) electrons. The van der Waals surface area contributed by atoms with Crippen LogP contribution in [0.3, 0.4) is 0 Å². The molecule has 8 nitrogen and oxygen atoms in total. The molecule has 0 bridgehead atoms. The third-order valence-electron chi connectivity index (χ3n) is 3.44. The van der Waals surface area contributed by atoms with Crippen molar-refractivity contribution < 1.29 is 14.7 Å². The van der Waals surface area contributed by atoms with Crippen molar-refractivity contribution in [3.63, 3.8) is 0 Å². The predicted molar refractivity (Wildman–Crippen MR) is 88.1 cm³/mol. The minimum atomic E-state index is -1.21. The van der Waals surface area contributed by atoms with E-state index in [-0.39, 0.29) is 29.2 Å². The van der Waals surface area contributed by atoms with Crippen LogP contribution in [0.2, 0.25) is 0 Å². The molecule has 0 spiro atoms. The Labute approximate surface area is 139 Å². The average Bonchev–Trinajstić information content (AvgIpc) is 3.02. The summed E-state index contributed by atoms with van der Waals surface area (Å²) < 4.78 is 1.18. The number of aromatic carboxylic acids is 1. The second-order valence-corrected chi connectivity index (χ2v) is 5.73. The summed E-state index contributed by atoms with van der Waals surface area (Å²) in [7, 11) is 1.46. The number of carbonyl (C=O) groups is 2. The quantitative estimate of drug-likeness (QED) is 0.729. The van der Waals surface area contributed by atoms with Gasteiger partial charge >= 0.3 is 5.97 Å². The number of aromatic nitrogens is 3. The summed E-state index contributed by atoms with van der Waals surface area (Å²) in [6, 6.07) is 3.33. The Morgan fingerprint density at radius 1 is 1.33 bits per heavy atom. The standard InChI is InChI=1S/C15H12N4O4S/c1-16-10(20)6-19-12(8-2-4-17-5-3-8)18-13-11(14(19)21)9(7-24-13)15(22)23/h2-5,7H,6H2,1H3,(H,16,20)(H,22,23). The van der Waals surface area contributed by atoms with Crippen molar-refractivity contribution in [2.75, 3.05) is 7.05 Å². The minimum absolute atomic E-state index is 0.00853. The smallest absolute Gasteiger partial charge is 0.337 e. The molecule has 1 amide bonds. The number of hydrogen-bond donors (Lipinski definition) is 2. The van der Waals surface area contributed by atoms with Crippen molar-refractivity contribution in [1.82, 2.24) is 19.9 Å². The average molecular weight is 344 g/mol. The first-order valence-electron chi connectivity index (χ1n) is 6.89.